The van der Waals surface area contributed by atoms with E-state index in [2.05, 4.69) is 9.97 Å². The van der Waals surface area contributed by atoms with Crippen LogP contribution in [0.1, 0.15) is 13.8 Å². The molecule has 0 aliphatic rings. The second-order valence-corrected chi connectivity index (χ2v) is 2.70. The molecule has 0 radical (unpaired) electrons. The lowest BCUT2D eigenvalue weighted by atomic mass is 10.4. The fraction of sp³-hybridized carbons (Fsp3) is 0.444. The lowest BCUT2D eigenvalue weighted by molar-refractivity contribution is -0.150. The first-order valence-corrected chi connectivity index (χ1v) is 4.44. The Morgan fingerprint density at radius 2 is 2.13 bits per heavy atom. The molecule has 1 aromatic heterocycles. The largest absolute Gasteiger partial charge is 0.463 e. The summed E-state index contributed by atoms with van der Waals surface area (Å²) in [5.41, 5.74) is 0. The first-order valence-electron chi connectivity index (χ1n) is 4.44. The summed E-state index contributed by atoms with van der Waals surface area (Å²) in [5, 5.41) is 0. The first kappa shape index (κ1) is 11.4. The number of halogens is 1. The van der Waals surface area contributed by atoms with E-state index < -0.39 is 17.9 Å². The number of rotatable bonds is 4. The summed E-state index contributed by atoms with van der Waals surface area (Å²) >= 11 is 0. The van der Waals surface area contributed by atoms with Gasteiger partial charge in [0.15, 0.2) is 11.9 Å². The van der Waals surface area contributed by atoms with Crippen molar-refractivity contribution in [3.05, 3.63) is 18.2 Å². The number of carbonyl (C=O) groups excluding carboxylic acids is 1. The lowest BCUT2D eigenvalue weighted by Crippen LogP contribution is -2.26. The van der Waals surface area contributed by atoms with E-state index in [-0.39, 0.29) is 12.6 Å². The van der Waals surface area contributed by atoms with Gasteiger partial charge in [0.05, 0.1) is 19.0 Å². The third-order valence-corrected chi connectivity index (χ3v) is 1.50. The standard InChI is InChI=1S/C9H11FN2O3/c1-3-14-8(13)6(2)15-9-11-4-7(10)5-12-9/h4-6H,3H2,1-2H3. The van der Waals surface area contributed by atoms with Crippen molar-refractivity contribution in [2.24, 2.45) is 0 Å². The summed E-state index contributed by atoms with van der Waals surface area (Å²) in [4.78, 5) is 18.2. The molecule has 0 saturated carbocycles. The van der Waals surface area contributed by atoms with Gasteiger partial charge in [-0.25, -0.2) is 19.2 Å². The van der Waals surface area contributed by atoms with Crippen molar-refractivity contribution in [3.8, 4) is 6.01 Å². The molecule has 1 heterocycles. The van der Waals surface area contributed by atoms with E-state index in [1.54, 1.807) is 6.92 Å². The molecule has 0 fully saturated rings. The van der Waals surface area contributed by atoms with E-state index in [1.165, 1.54) is 6.92 Å². The quantitative estimate of drug-likeness (QED) is 0.698. The predicted molar refractivity (Wildman–Crippen MR) is 48.7 cm³/mol. The van der Waals surface area contributed by atoms with Crippen LogP contribution in [0.15, 0.2) is 12.4 Å². The van der Waals surface area contributed by atoms with Crippen LogP contribution in [0.3, 0.4) is 0 Å². The van der Waals surface area contributed by atoms with Crippen LogP contribution in [0.25, 0.3) is 0 Å². The Hall–Kier alpha value is -1.72. The minimum atomic E-state index is -0.810. The van der Waals surface area contributed by atoms with Gasteiger partial charge in [-0.2, -0.15) is 0 Å². The van der Waals surface area contributed by atoms with Gasteiger partial charge < -0.3 is 9.47 Å². The molecule has 0 aromatic carbocycles. The molecule has 82 valence electrons. The highest BCUT2D eigenvalue weighted by Crippen LogP contribution is 2.04. The molecular weight excluding hydrogens is 203 g/mol. The van der Waals surface area contributed by atoms with Crippen molar-refractivity contribution >= 4 is 5.97 Å². The summed E-state index contributed by atoms with van der Waals surface area (Å²) in [6.45, 7) is 3.47. The zero-order chi connectivity index (χ0) is 11.3. The van der Waals surface area contributed by atoms with Crippen molar-refractivity contribution in [2.45, 2.75) is 20.0 Å². The third kappa shape index (κ3) is 3.49. The third-order valence-electron chi connectivity index (χ3n) is 1.50. The summed E-state index contributed by atoms with van der Waals surface area (Å²) in [7, 11) is 0. The molecular formula is C9H11FN2O3. The number of hydrogen-bond acceptors (Lipinski definition) is 5. The summed E-state index contributed by atoms with van der Waals surface area (Å²) < 4.78 is 22.2. The summed E-state index contributed by atoms with van der Waals surface area (Å²) in [6, 6.07) is -0.0584. The monoisotopic (exact) mass is 214 g/mol. The highest BCUT2D eigenvalue weighted by atomic mass is 19.1. The molecule has 6 heteroatoms. The van der Waals surface area contributed by atoms with Gasteiger partial charge in [-0.3, -0.25) is 0 Å². The number of hydrogen-bond donors (Lipinski definition) is 0. The van der Waals surface area contributed by atoms with Crippen LogP contribution in [-0.2, 0) is 9.53 Å². The summed E-state index contributed by atoms with van der Waals surface area (Å²) in [6.07, 6.45) is 1.11. The molecule has 1 aromatic rings. The molecule has 0 amide bonds. The van der Waals surface area contributed by atoms with Gasteiger partial charge in [-0.1, -0.05) is 0 Å². The molecule has 0 spiro atoms. The predicted octanol–water partition coefficient (Wildman–Crippen LogP) is 0.946. The minimum Gasteiger partial charge on any atom is -0.463 e. The average molecular weight is 214 g/mol. The number of nitrogens with zero attached hydrogens (tertiary/aromatic N) is 2. The molecule has 1 rings (SSSR count). The van der Waals surface area contributed by atoms with Gasteiger partial charge in [0, 0.05) is 0 Å². The van der Waals surface area contributed by atoms with Crippen LogP contribution >= 0.6 is 0 Å². The molecule has 0 saturated heterocycles. The van der Waals surface area contributed by atoms with Crippen molar-refractivity contribution in [1.82, 2.24) is 9.97 Å². The van der Waals surface area contributed by atoms with Gasteiger partial charge in [0.2, 0.25) is 0 Å². The van der Waals surface area contributed by atoms with Crippen LogP contribution in [-0.4, -0.2) is 28.6 Å². The fourth-order valence-corrected chi connectivity index (χ4v) is 0.827. The highest BCUT2D eigenvalue weighted by Gasteiger charge is 2.16. The van der Waals surface area contributed by atoms with Crippen LogP contribution in [0, 0.1) is 5.82 Å². The van der Waals surface area contributed by atoms with Gasteiger partial charge in [0.1, 0.15) is 0 Å². The first-order chi connectivity index (χ1) is 7.13. The number of aromatic nitrogens is 2. The lowest BCUT2D eigenvalue weighted by Gasteiger charge is -2.10. The van der Waals surface area contributed by atoms with Gasteiger partial charge in [-0.15, -0.1) is 0 Å². The average Bonchev–Trinajstić information content (AvgIpc) is 2.22. The number of carbonyl (C=O) groups is 1. The topological polar surface area (TPSA) is 61.3 Å². The van der Waals surface area contributed by atoms with Gasteiger partial charge in [-0.05, 0) is 13.8 Å². The van der Waals surface area contributed by atoms with Crippen LogP contribution in [0.5, 0.6) is 6.01 Å². The maximum atomic E-state index is 12.4. The second kappa shape index (κ2) is 5.23. The van der Waals surface area contributed by atoms with E-state index in [1.807, 2.05) is 0 Å². The second-order valence-electron chi connectivity index (χ2n) is 2.70. The molecule has 1 atom stereocenters. The van der Waals surface area contributed by atoms with Crippen molar-refractivity contribution in [3.63, 3.8) is 0 Å². The Morgan fingerprint density at radius 3 is 2.67 bits per heavy atom. The zero-order valence-electron chi connectivity index (χ0n) is 8.44. The Labute approximate surface area is 86.2 Å². The molecule has 0 aliphatic heterocycles. The normalized spacial score (nSPS) is 11.9. The van der Waals surface area contributed by atoms with E-state index in [4.69, 9.17) is 9.47 Å². The number of esters is 1. The smallest absolute Gasteiger partial charge is 0.347 e. The van der Waals surface area contributed by atoms with Gasteiger partial charge >= 0.3 is 12.0 Å². The van der Waals surface area contributed by atoms with Crippen LogP contribution < -0.4 is 4.74 Å². The van der Waals surface area contributed by atoms with Crippen LogP contribution in [0.4, 0.5) is 4.39 Å². The van der Waals surface area contributed by atoms with Crippen molar-refractivity contribution in [1.29, 1.82) is 0 Å². The van der Waals surface area contributed by atoms with Gasteiger partial charge in [0.25, 0.3) is 0 Å². The summed E-state index contributed by atoms with van der Waals surface area (Å²) in [5.74, 6) is -1.07. The molecule has 0 bridgehead atoms. The van der Waals surface area contributed by atoms with E-state index >= 15 is 0 Å². The highest BCUT2D eigenvalue weighted by molar-refractivity contribution is 5.74. The molecule has 5 nitrogen and oxygen atoms in total. The molecule has 0 aliphatic carbocycles. The number of ether oxygens (including phenoxy) is 2. The van der Waals surface area contributed by atoms with E-state index in [0.717, 1.165) is 12.4 Å². The van der Waals surface area contributed by atoms with E-state index in [0.29, 0.717) is 0 Å². The SMILES string of the molecule is CCOC(=O)C(C)Oc1ncc(F)cn1. The Morgan fingerprint density at radius 1 is 1.53 bits per heavy atom. The Kier molecular flexibility index (Phi) is 3.96. The van der Waals surface area contributed by atoms with Crippen molar-refractivity contribution < 1.29 is 18.7 Å². The molecule has 15 heavy (non-hydrogen) atoms. The van der Waals surface area contributed by atoms with E-state index in [9.17, 15) is 9.18 Å². The molecule has 1 unspecified atom stereocenters. The van der Waals surface area contributed by atoms with Crippen LogP contribution in [0.2, 0.25) is 0 Å². The fourth-order valence-electron chi connectivity index (χ4n) is 0.827. The van der Waals surface area contributed by atoms with Crippen molar-refractivity contribution in [2.75, 3.05) is 6.61 Å². The maximum Gasteiger partial charge on any atom is 0.347 e. The molecule has 0 N–H and O–H groups in total. The minimum absolute atomic E-state index is 0.0584. The Balaban J connectivity index is 2.54. The maximum absolute atomic E-state index is 12.4. The Bertz CT molecular complexity index is 329. The zero-order valence-corrected chi connectivity index (χ0v) is 8.44.